The lowest BCUT2D eigenvalue weighted by atomic mass is 10.1. The Balaban J connectivity index is 1.35. The number of rotatable bonds is 7. The highest BCUT2D eigenvalue weighted by molar-refractivity contribution is 5.96. The van der Waals surface area contributed by atoms with Crippen molar-refractivity contribution in [3.63, 3.8) is 0 Å². The molecule has 0 aromatic carbocycles. The molecule has 2 saturated heterocycles. The molecule has 1 aromatic heterocycles. The molecule has 3 heterocycles. The van der Waals surface area contributed by atoms with E-state index in [1.54, 1.807) is 4.90 Å². The third-order valence-electron chi connectivity index (χ3n) is 5.11. The zero-order chi connectivity index (χ0) is 19.1. The zero-order valence-corrected chi connectivity index (χ0v) is 15.6. The quantitative estimate of drug-likeness (QED) is 0.724. The van der Waals surface area contributed by atoms with Crippen LogP contribution in [0, 0.1) is 0 Å². The average molecular weight is 376 g/mol. The number of ether oxygens (including phenoxy) is 1. The standard InChI is InChI=1S/C19H28N4O4/c24-16-5-4-7-20-18(16)19(26)21-13-17(25)23-10-6-15(14-23)27-12-11-22-8-2-1-3-9-22/h4-5,7,15,24H,1-3,6,8-14H2,(H,21,26). The first kappa shape index (κ1) is 19.6. The number of hydrogen-bond acceptors (Lipinski definition) is 6. The SMILES string of the molecule is O=C(NCC(=O)N1CCC(OCCN2CCCCC2)C1)c1ncccc1O. The van der Waals surface area contributed by atoms with Crippen molar-refractivity contribution in [3.05, 3.63) is 24.0 Å². The third kappa shape index (κ3) is 5.64. The number of piperidine rings is 1. The van der Waals surface area contributed by atoms with Crippen LogP contribution in [-0.4, -0.2) is 83.7 Å². The molecule has 2 fully saturated rings. The van der Waals surface area contributed by atoms with Crippen LogP contribution >= 0.6 is 0 Å². The molecule has 0 saturated carbocycles. The number of pyridine rings is 1. The highest BCUT2D eigenvalue weighted by Crippen LogP contribution is 2.14. The summed E-state index contributed by atoms with van der Waals surface area (Å²) >= 11 is 0. The van der Waals surface area contributed by atoms with Crippen molar-refractivity contribution in [2.45, 2.75) is 31.8 Å². The Labute approximate surface area is 159 Å². The normalized spacial score (nSPS) is 20.6. The first-order valence-electron chi connectivity index (χ1n) is 9.67. The Morgan fingerprint density at radius 1 is 1.26 bits per heavy atom. The lowest BCUT2D eigenvalue weighted by molar-refractivity contribution is -0.129. The van der Waals surface area contributed by atoms with Gasteiger partial charge in [-0.25, -0.2) is 4.98 Å². The molecule has 1 aromatic rings. The van der Waals surface area contributed by atoms with Gasteiger partial charge in [0.15, 0.2) is 5.69 Å². The number of hydrogen-bond donors (Lipinski definition) is 2. The molecular weight excluding hydrogens is 348 g/mol. The third-order valence-corrected chi connectivity index (χ3v) is 5.11. The summed E-state index contributed by atoms with van der Waals surface area (Å²) in [5.74, 6) is -0.915. The fourth-order valence-electron chi connectivity index (χ4n) is 3.55. The van der Waals surface area contributed by atoms with Gasteiger partial charge in [-0.05, 0) is 44.5 Å². The van der Waals surface area contributed by atoms with Gasteiger partial charge < -0.3 is 25.0 Å². The maximum Gasteiger partial charge on any atom is 0.274 e. The number of carbonyl (C=O) groups is 2. The van der Waals surface area contributed by atoms with Crippen LogP contribution in [0.15, 0.2) is 18.3 Å². The van der Waals surface area contributed by atoms with E-state index in [0.29, 0.717) is 19.7 Å². The number of amides is 2. The van der Waals surface area contributed by atoms with Crippen molar-refractivity contribution < 1.29 is 19.4 Å². The van der Waals surface area contributed by atoms with Gasteiger partial charge in [-0.15, -0.1) is 0 Å². The van der Waals surface area contributed by atoms with Crippen LogP contribution in [0.5, 0.6) is 5.75 Å². The highest BCUT2D eigenvalue weighted by atomic mass is 16.5. The largest absolute Gasteiger partial charge is 0.505 e. The van der Waals surface area contributed by atoms with Crippen molar-refractivity contribution in [2.75, 3.05) is 45.9 Å². The van der Waals surface area contributed by atoms with E-state index in [9.17, 15) is 14.7 Å². The van der Waals surface area contributed by atoms with Crippen LogP contribution in [0.2, 0.25) is 0 Å². The van der Waals surface area contributed by atoms with E-state index in [-0.39, 0.29) is 30.0 Å². The Morgan fingerprint density at radius 3 is 2.85 bits per heavy atom. The van der Waals surface area contributed by atoms with Gasteiger partial charge in [0.05, 0.1) is 19.3 Å². The van der Waals surface area contributed by atoms with Gasteiger partial charge in [0.2, 0.25) is 5.91 Å². The van der Waals surface area contributed by atoms with Gasteiger partial charge in [-0.2, -0.15) is 0 Å². The molecule has 27 heavy (non-hydrogen) atoms. The molecule has 2 amide bonds. The lowest BCUT2D eigenvalue weighted by Gasteiger charge is -2.26. The minimum atomic E-state index is -0.560. The van der Waals surface area contributed by atoms with Crippen molar-refractivity contribution >= 4 is 11.8 Å². The molecule has 8 heteroatoms. The van der Waals surface area contributed by atoms with Crippen molar-refractivity contribution in [1.29, 1.82) is 0 Å². The van der Waals surface area contributed by atoms with Crippen molar-refractivity contribution in [1.82, 2.24) is 20.1 Å². The molecule has 1 atom stereocenters. The Morgan fingerprint density at radius 2 is 2.07 bits per heavy atom. The number of carbonyl (C=O) groups excluding carboxylic acids is 2. The summed E-state index contributed by atoms with van der Waals surface area (Å²) in [6, 6.07) is 2.92. The molecule has 8 nitrogen and oxygen atoms in total. The van der Waals surface area contributed by atoms with E-state index < -0.39 is 5.91 Å². The number of nitrogens with zero attached hydrogens (tertiary/aromatic N) is 3. The lowest BCUT2D eigenvalue weighted by Crippen LogP contribution is -2.40. The molecule has 1 unspecified atom stereocenters. The molecule has 0 spiro atoms. The number of likely N-dealkylation sites (tertiary alicyclic amines) is 2. The molecule has 0 radical (unpaired) electrons. The molecule has 2 aliphatic rings. The maximum atomic E-state index is 12.3. The summed E-state index contributed by atoms with van der Waals surface area (Å²) in [5, 5.41) is 12.1. The molecule has 0 aliphatic carbocycles. The number of nitrogens with one attached hydrogen (secondary N) is 1. The van der Waals surface area contributed by atoms with Crippen LogP contribution < -0.4 is 5.32 Å². The van der Waals surface area contributed by atoms with E-state index >= 15 is 0 Å². The minimum absolute atomic E-state index is 0.0641. The van der Waals surface area contributed by atoms with Crippen molar-refractivity contribution in [3.8, 4) is 5.75 Å². The second kappa shape index (κ2) is 9.66. The predicted octanol–water partition coefficient (Wildman–Crippen LogP) is 0.620. The number of aromatic hydroxyl groups is 1. The summed E-state index contributed by atoms with van der Waals surface area (Å²) < 4.78 is 5.93. The van der Waals surface area contributed by atoms with Gasteiger partial charge >= 0.3 is 0 Å². The zero-order valence-electron chi connectivity index (χ0n) is 15.6. The summed E-state index contributed by atoms with van der Waals surface area (Å²) in [7, 11) is 0. The Kier molecular flexibility index (Phi) is 7.00. The monoisotopic (exact) mass is 376 g/mol. The van der Waals surface area contributed by atoms with E-state index in [0.717, 1.165) is 26.1 Å². The molecule has 2 N–H and O–H groups in total. The van der Waals surface area contributed by atoms with Crippen molar-refractivity contribution in [2.24, 2.45) is 0 Å². The Bertz CT molecular complexity index is 648. The second-order valence-electron chi connectivity index (χ2n) is 7.08. The molecule has 2 aliphatic heterocycles. The molecular formula is C19H28N4O4. The van der Waals surface area contributed by atoms with Gasteiger partial charge in [0.25, 0.3) is 5.91 Å². The Hall–Kier alpha value is -2.19. The highest BCUT2D eigenvalue weighted by Gasteiger charge is 2.27. The fraction of sp³-hybridized carbons (Fsp3) is 0.632. The molecule has 148 valence electrons. The minimum Gasteiger partial charge on any atom is -0.505 e. The number of aromatic nitrogens is 1. The smallest absolute Gasteiger partial charge is 0.274 e. The van der Waals surface area contributed by atoms with Crippen LogP contribution in [0.25, 0.3) is 0 Å². The van der Waals surface area contributed by atoms with Gasteiger partial charge in [0, 0.05) is 25.8 Å². The van der Waals surface area contributed by atoms with E-state index in [1.165, 1.54) is 37.6 Å². The summed E-state index contributed by atoms with van der Waals surface area (Å²) in [5.41, 5.74) is -0.0781. The van der Waals surface area contributed by atoms with E-state index in [1.807, 2.05) is 0 Å². The van der Waals surface area contributed by atoms with Crippen LogP contribution in [0.1, 0.15) is 36.2 Å². The van der Waals surface area contributed by atoms with Gasteiger partial charge in [-0.1, -0.05) is 6.42 Å². The van der Waals surface area contributed by atoms with Gasteiger partial charge in [-0.3, -0.25) is 9.59 Å². The van der Waals surface area contributed by atoms with Crippen LogP contribution in [-0.2, 0) is 9.53 Å². The van der Waals surface area contributed by atoms with Gasteiger partial charge in [0.1, 0.15) is 5.75 Å². The predicted molar refractivity (Wildman–Crippen MR) is 99.5 cm³/mol. The first-order valence-corrected chi connectivity index (χ1v) is 9.67. The fourth-order valence-corrected chi connectivity index (χ4v) is 3.55. The second-order valence-corrected chi connectivity index (χ2v) is 7.08. The summed E-state index contributed by atoms with van der Waals surface area (Å²) in [6.07, 6.45) is 6.17. The maximum absolute atomic E-state index is 12.3. The average Bonchev–Trinajstić information content (AvgIpc) is 3.16. The summed E-state index contributed by atoms with van der Waals surface area (Å²) in [4.78, 5) is 32.3. The van der Waals surface area contributed by atoms with E-state index in [4.69, 9.17) is 4.74 Å². The van der Waals surface area contributed by atoms with Crippen LogP contribution in [0.3, 0.4) is 0 Å². The molecule has 0 bridgehead atoms. The topological polar surface area (TPSA) is 95.0 Å². The van der Waals surface area contributed by atoms with Crippen LogP contribution in [0.4, 0.5) is 0 Å². The first-order chi connectivity index (χ1) is 13.1. The van der Waals surface area contributed by atoms with E-state index in [2.05, 4.69) is 15.2 Å². The summed E-state index contributed by atoms with van der Waals surface area (Å²) in [6.45, 7) is 5.04. The molecule has 3 rings (SSSR count).